The molecule has 0 radical (unpaired) electrons. The number of allylic oxidation sites excluding steroid dienone is 12. The Morgan fingerprint density at radius 3 is 1.01 bits per heavy atom. The van der Waals surface area contributed by atoms with Crippen molar-refractivity contribution in [3.05, 3.63) is 305 Å². The number of benzene rings is 8. The summed E-state index contributed by atoms with van der Waals surface area (Å²) in [5, 5.41) is 40.8. The smallest absolute Gasteiger partial charge is 0.263 e. The maximum atomic E-state index is 14.1. The van der Waals surface area contributed by atoms with E-state index in [4.69, 9.17) is 51.1 Å². The fraction of sp³-hybridized carbons (Fsp3) is 0.208. The van der Waals surface area contributed by atoms with Crippen LogP contribution < -0.4 is 37.9 Å². The zero-order valence-corrected chi connectivity index (χ0v) is 73.3. The highest BCUT2D eigenvalue weighted by Gasteiger charge is 2.32. The van der Waals surface area contributed by atoms with E-state index in [0.29, 0.717) is 50.0 Å². The number of halogens is 4. The first kappa shape index (κ1) is 91.6. The molecule has 0 bridgehead atoms. The summed E-state index contributed by atoms with van der Waals surface area (Å²) in [6.07, 6.45) is 20.6. The second kappa shape index (κ2) is 40.9. The molecule has 4 aliphatic carbocycles. The largest absolute Gasteiger partial charge is 0.502 e. The monoisotopic (exact) mass is 1770 g/mol. The highest BCUT2D eigenvalue weighted by atomic mass is 32.1. The summed E-state index contributed by atoms with van der Waals surface area (Å²) in [4.78, 5) is 66.2. The molecule has 0 atom stereocenters. The zero-order valence-electron chi connectivity index (χ0n) is 72.5. The minimum atomic E-state index is -0.345. The summed E-state index contributed by atoms with van der Waals surface area (Å²) < 4.78 is 114. The van der Waals surface area contributed by atoms with Gasteiger partial charge in [0.15, 0.2) is 76.1 Å². The number of aromatic hydroxyl groups is 4. The number of methoxy groups -OCH3 is 8. The Morgan fingerprint density at radius 2 is 0.721 bits per heavy atom. The lowest BCUT2D eigenvalue weighted by Crippen LogP contribution is -2.02. The van der Waals surface area contributed by atoms with Crippen molar-refractivity contribution in [2.24, 2.45) is 0 Å². The van der Waals surface area contributed by atoms with Gasteiger partial charge < -0.3 is 71.6 Å². The van der Waals surface area contributed by atoms with Crippen LogP contribution in [0.4, 0.5) is 17.6 Å². The molecule has 129 heavy (non-hydrogen) atoms. The molecular formula is C101H90F4N4O19S. The van der Waals surface area contributed by atoms with E-state index in [1.807, 2.05) is 52.0 Å². The van der Waals surface area contributed by atoms with Crippen LogP contribution >= 0.6 is 11.3 Å². The molecule has 0 unspecified atom stereocenters. The Kier molecular flexibility index (Phi) is 29.1. The van der Waals surface area contributed by atoms with Crippen molar-refractivity contribution < 1.29 is 108 Å². The first-order valence-corrected chi connectivity index (χ1v) is 41.4. The molecule has 8 aromatic carbocycles. The molecule has 0 aliphatic heterocycles. The average Bonchev–Trinajstić information content (AvgIpc) is 1.63. The number of Topliss-reactive ketones (excluding diaryl/α,β-unsaturated/α-hetero) is 4. The van der Waals surface area contributed by atoms with Gasteiger partial charge in [-0.15, -0.1) is 11.3 Å². The molecule has 662 valence electrons. The van der Waals surface area contributed by atoms with E-state index in [2.05, 4.69) is 19.9 Å². The third-order valence-electron chi connectivity index (χ3n) is 22.5. The van der Waals surface area contributed by atoms with Gasteiger partial charge in [0.05, 0.1) is 74.8 Å². The quantitative estimate of drug-likeness (QED) is 0.0250. The van der Waals surface area contributed by atoms with Crippen LogP contribution in [0, 0.1) is 23.3 Å². The van der Waals surface area contributed by atoms with Crippen LogP contribution in [0.2, 0.25) is 0 Å². The van der Waals surface area contributed by atoms with Gasteiger partial charge in [-0.05, 0) is 308 Å². The van der Waals surface area contributed by atoms with Crippen molar-refractivity contribution in [3.8, 4) is 69.0 Å². The third-order valence-corrected chi connectivity index (χ3v) is 23.3. The van der Waals surface area contributed by atoms with Gasteiger partial charge in [-0.1, -0.05) is 24.3 Å². The molecule has 12 aromatic rings. The van der Waals surface area contributed by atoms with Crippen molar-refractivity contribution in [1.29, 1.82) is 0 Å². The van der Waals surface area contributed by atoms with E-state index in [-0.39, 0.29) is 141 Å². The Bertz CT molecular complexity index is 5990. The highest BCUT2D eigenvalue weighted by molar-refractivity contribution is 7.09. The molecule has 0 spiro atoms. The number of rotatable bonds is 29. The summed E-state index contributed by atoms with van der Waals surface area (Å²) in [5.41, 5.74) is 22.7. The number of hydrogen-bond donors (Lipinski definition) is 4. The summed E-state index contributed by atoms with van der Waals surface area (Å²) in [6.45, 7) is 7.84. The summed E-state index contributed by atoms with van der Waals surface area (Å²) in [5.74, 6) is 0.560. The standard InChI is InChI=1S/C26H24FNO4S.3C25H22FNO5/c1-15-20(7-5-18(29)12-19-13-28-14-33-19)23-11-17(27)4-6-21(23)22(15)8-16-9-24(31-2)26(30)25(10-16)32-3;1-14-17(6-7-22(28)21-12-32-13-27-21)20-11-16(26)4-5-18(20)19(14)8-15-9-23(30-2)25(29)24(10-15)31-3;1-14-17(6-7-21(28)24-12-27-13-32-24)20-11-16(26)4-5-18(20)19(14)8-15-9-22(30-2)25(29)23(10-15)31-3;1-14-17(6-7-21(28)25-27-8-9-32-25)20-13-16(26)4-5-18(20)19(14)10-15-11-22(30-2)24(29)23(12-15)31-3/h4,6,8-11,13-14,30H,5,7,12H2,1-3H3;3*4-5,8-13,29H,6-7H2,1-3H3. The second-order valence-corrected chi connectivity index (χ2v) is 31.0. The SMILES string of the molecule is COc1cc(C=C2C(C)=C(CCC(=O)Cc3cncs3)c3cc(F)ccc32)cc(OC)c1O.COc1cc(C=C2C(C)=C(CCC(=O)c3cnco3)c3cc(F)ccc32)cc(OC)c1O.COc1cc(C=C2C(C)=C(CCC(=O)c3cocn3)c3cc(F)ccc32)cc(OC)c1O.COc1cc(C=C2C(C)=C(CCC(=O)c3ncco3)c3cc(F)ccc32)cc(OC)c1O. The first-order valence-electron chi connectivity index (χ1n) is 40.5. The van der Waals surface area contributed by atoms with Crippen LogP contribution in [0.3, 0.4) is 0 Å². The third kappa shape index (κ3) is 20.4. The number of hydrogen-bond acceptors (Lipinski definition) is 24. The van der Waals surface area contributed by atoms with E-state index in [9.17, 15) is 57.2 Å². The van der Waals surface area contributed by atoms with E-state index < -0.39 is 0 Å². The second-order valence-electron chi connectivity index (χ2n) is 30.0. The summed E-state index contributed by atoms with van der Waals surface area (Å²) in [7, 11) is 11.8. The van der Waals surface area contributed by atoms with Crippen molar-refractivity contribution in [2.45, 2.75) is 85.5 Å². The summed E-state index contributed by atoms with van der Waals surface area (Å²) in [6, 6.07) is 32.3. The fourth-order valence-electron chi connectivity index (χ4n) is 16.0. The van der Waals surface area contributed by atoms with Crippen LogP contribution in [-0.4, -0.2) is 120 Å². The lowest BCUT2D eigenvalue weighted by molar-refractivity contribution is -0.118. The van der Waals surface area contributed by atoms with Gasteiger partial charge in [0, 0.05) is 43.2 Å². The number of thiazole rings is 1. The Labute approximate surface area is 744 Å². The van der Waals surface area contributed by atoms with Crippen LogP contribution in [0.1, 0.15) is 182 Å². The van der Waals surface area contributed by atoms with Gasteiger partial charge in [0.25, 0.3) is 5.89 Å². The molecule has 23 nitrogen and oxygen atoms in total. The highest BCUT2D eigenvalue weighted by Crippen LogP contribution is 2.52. The molecule has 4 aromatic heterocycles. The van der Waals surface area contributed by atoms with E-state index >= 15 is 0 Å². The fourth-order valence-corrected chi connectivity index (χ4v) is 16.6. The molecule has 0 amide bonds. The number of aromatic nitrogens is 4. The minimum Gasteiger partial charge on any atom is -0.502 e. The lowest BCUT2D eigenvalue weighted by atomic mass is 9.99. The van der Waals surface area contributed by atoms with Gasteiger partial charge in [-0.25, -0.2) is 32.5 Å². The lowest BCUT2D eigenvalue weighted by Gasteiger charge is -2.11. The molecule has 0 saturated heterocycles. The van der Waals surface area contributed by atoms with Crippen molar-refractivity contribution in [3.63, 3.8) is 0 Å². The Balaban J connectivity index is 0.000000147. The van der Waals surface area contributed by atoms with Crippen LogP contribution in [0.5, 0.6) is 69.0 Å². The maximum Gasteiger partial charge on any atom is 0.263 e. The van der Waals surface area contributed by atoms with Gasteiger partial charge in [-0.2, -0.15) is 0 Å². The Morgan fingerprint density at radius 1 is 0.388 bits per heavy atom. The van der Waals surface area contributed by atoms with Crippen molar-refractivity contribution in [1.82, 2.24) is 19.9 Å². The molecule has 16 rings (SSSR count). The number of phenols is 4. The van der Waals surface area contributed by atoms with Gasteiger partial charge in [0.1, 0.15) is 47.3 Å². The number of carbonyl (C=O) groups excluding carboxylic acids is 4. The molecular weight excluding hydrogens is 1680 g/mol. The van der Waals surface area contributed by atoms with Crippen molar-refractivity contribution >= 4 is 103 Å². The normalized spacial score (nSPS) is 14.0. The number of nitrogens with zero attached hydrogens (tertiary/aromatic N) is 4. The predicted octanol–water partition coefficient (Wildman–Crippen LogP) is 22.5. The zero-order chi connectivity index (χ0) is 92.0. The summed E-state index contributed by atoms with van der Waals surface area (Å²) >= 11 is 1.47. The number of carbonyl (C=O) groups is 4. The van der Waals surface area contributed by atoms with E-state index in [0.717, 1.165) is 139 Å². The molecule has 0 fully saturated rings. The van der Waals surface area contributed by atoms with Crippen LogP contribution in [-0.2, 0) is 11.2 Å². The topological polar surface area (TPSA) is 314 Å². The molecule has 28 heteroatoms. The van der Waals surface area contributed by atoms with E-state index in [1.54, 1.807) is 84.5 Å². The minimum absolute atomic E-state index is 0.0663. The molecule has 4 heterocycles. The molecule has 0 saturated carbocycles. The van der Waals surface area contributed by atoms with Crippen LogP contribution in [0.25, 0.3) is 68.9 Å². The van der Waals surface area contributed by atoms with Gasteiger partial charge in [-0.3, -0.25) is 24.2 Å². The van der Waals surface area contributed by atoms with Gasteiger partial charge in [0.2, 0.25) is 28.8 Å². The number of phenolic OH excluding ortho intramolecular Hbond substituents is 4. The van der Waals surface area contributed by atoms with Gasteiger partial charge >= 0.3 is 0 Å². The first-order chi connectivity index (χ1) is 62.2. The van der Waals surface area contributed by atoms with Crippen LogP contribution in [0.15, 0.2) is 206 Å². The number of oxazole rings is 3. The Hall–Kier alpha value is -15.1. The maximum absolute atomic E-state index is 14.1. The van der Waals surface area contributed by atoms with E-state index in [1.165, 1.54) is 154 Å². The average molecular weight is 1770 g/mol. The number of fused-ring (bicyclic) bond motifs is 4. The molecule has 4 N–H and O–H groups in total. The number of ketones is 4. The predicted molar refractivity (Wildman–Crippen MR) is 483 cm³/mol. The van der Waals surface area contributed by atoms with Crippen molar-refractivity contribution in [2.75, 3.05) is 56.9 Å². The molecule has 4 aliphatic rings. The number of ether oxygens (including phenoxy) is 8.